The molecule has 3 heterocycles. The summed E-state index contributed by atoms with van der Waals surface area (Å²) < 4.78 is 5.34. The second-order valence-electron chi connectivity index (χ2n) is 6.52. The Morgan fingerprint density at radius 1 is 1.42 bits per heavy atom. The summed E-state index contributed by atoms with van der Waals surface area (Å²) in [6.07, 6.45) is 4.63. The molecule has 2 aromatic rings. The van der Waals surface area contributed by atoms with Crippen molar-refractivity contribution in [3.8, 4) is 0 Å². The van der Waals surface area contributed by atoms with Crippen LogP contribution in [0.1, 0.15) is 52.7 Å². The van der Waals surface area contributed by atoms with Crippen molar-refractivity contribution in [3.63, 3.8) is 0 Å². The van der Waals surface area contributed by atoms with Gasteiger partial charge >= 0.3 is 5.97 Å². The van der Waals surface area contributed by atoms with E-state index in [1.165, 1.54) is 6.39 Å². The third-order valence-electron chi connectivity index (χ3n) is 5.03. The van der Waals surface area contributed by atoms with Crippen LogP contribution in [-0.2, 0) is 10.2 Å². The Kier molecular flexibility index (Phi) is 3.68. The molecular weight excluding hydrogens is 328 g/mol. The summed E-state index contributed by atoms with van der Waals surface area (Å²) in [7, 11) is 0. The van der Waals surface area contributed by atoms with Gasteiger partial charge in [-0.05, 0) is 37.1 Å². The Balaban J connectivity index is 1.54. The van der Waals surface area contributed by atoms with E-state index in [0.29, 0.717) is 12.3 Å². The van der Waals surface area contributed by atoms with Gasteiger partial charge in [-0.3, -0.25) is 4.79 Å². The smallest absolute Gasteiger partial charge is 0.358 e. The molecule has 1 N–H and O–H groups in total. The lowest BCUT2D eigenvalue weighted by Gasteiger charge is -2.34. The molecule has 0 bridgehead atoms. The fourth-order valence-corrected chi connectivity index (χ4v) is 4.60. The minimum atomic E-state index is -1.08. The second-order valence-corrected chi connectivity index (χ2v) is 7.47. The predicted molar refractivity (Wildman–Crippen MR) is 87.2 cm³/mol. The number of aromatic carboxylic acids is 1. The third-order valence-corrected chi connectivity index (χ3v) is 6.10. The number of carbonyl (C=O) groups excluding carboxylic acids is 1. The van der Waals surface area contributed by atoms with Gasteiger partial charge in [0.05, 0.1) is 5.41 Å². The Bertz CT molecular complexity index is 763. The van der Waals surface area contributed by atoms with Gasteiger partial charge in [-0.2, -0.15) is 0 Å². The molecule has 1 saturated heterocycles. The minimum Gasteiger partial charge on any atom is -0.476 e. The Labute approximate surface area is 143 Å². The van der Waals surface area contributed by atoms with E-state index >= 15 is 0 Å². The number of nitrogens with zero attached hydrogens (tertiary/aromatic N) is 2. The van der Waals surface area contributed by atoms with Crippen LogP contribution in [-0.4, -0.2) is 40.0 Å². The number of carboxylic acid groups (broad SMARTS) is 1. The molecular formula is C17H18N2O4S. The van der Waals surface area contributed by atoms with Crippen molar-refractivity contribution in [1.82, 2.24) is 9.88 Å². The predicted octanol–water partition coefficient (Wildman–Crippen LogP) is 2.87. The van der Waals surface area contributed by atoms with E-state index in [1.54, 1.807) is 11.3 Å². The lowest BCUT2D eigenvalue weighted by Crippen LogP contribution is -2.44. The summed E-state index contributed by atoms with van der Waals surface area (Å²) in [4.78, 5) is 31.2. The molecule has 4 rings (SSSR count). The highest BCUT2D eigenvalue weighted by Gasteiger charge is 2.54. The average molecular weight is 346 g/mol. The molecule has 0 aromatic carbocycles. The zero-order valence-electron chi connectivity index (χ0n) is 13.1. The van der Waals surface area contributed by atoms with Crippen molar-refractivity contribution in [2.45, 2.75) is 37.0 Å². The number of thiophene rings is 1. The van der Waals surface area contributed by atoms with E-state index in [0.717, 1.165) is 37.1 Å². The first-order valence-corrected chi connectivity index (χ1v) is 9.00. The summed E-state index contributed by atoms with van der Waals surface area (Å²) in [6.45, 7) is 1.22. The van der Waals surface area contributed by atoms with Crippen LogP contribution in [0.2, 0.25) is 0 Å². The fourth-order valence-electron chi connectivity index (χ4n) is 3.63. The molecule has 24 heavy (non-hydrogen) atoms. The zero-order valence-corrected chi connectivity index (χ0v) is 13.9. The maximum Gasteiger partial charge on any atom is 0.358 e. The standard InChI is InChI=1S/C17H18N2O4S/c20-15(21)13-14(23-10-18-13)11-3-1-7-19(9-11)16(22)17(5-6-17)12-4-2-8-24-12/h2,4,8,10-11H,1,3,5-7,9H2,(H,20,21). The number of hydrogen-bond acceptors (Lipinski definition) is 5. The van der Waals surface area contributed by atoms with Crippen LogP contribution in [0, 0.1) is 0 Å². The third kappa shape index (κ3) is 2.43. The molecule has 1 saturated carbocycles. The number of amides is 1. The van der Waals surface area contributed by atoms with Crippen molar-refractivity contribution in [3.05, 3.63) is 40.2 Å². The normalized spacial score (nSPS) is 22.3. The lowest BCUT2D eigenvalue weighted by molar-refractivity contribution is -0.135. The first kappa shape index (κ1) is 15.4. The zero-order chi connectivity index (χ0) is 16.7. The van der Waals surface area contributed by atoms with Gasteiger partial charge in [0, 0.05) is 23.9 Å². The summed E-state index contributed by atoms with van der Waals surface area (Å²) in [6, 6.07) is 4.02. The van der Waals surface area contributed by atoms with Gasteiger partial charge in [0.15, 0.2) is 12.1 Å². The number of rotatable bonds is 4. The van der Waals surface area contributed by atoms with Crippen LogP contribution < -0.4 is 0 Å². The molecule has 126 valence electrons. The van der Waals surface area contributed by atoms with Crippen molar-refractivity contribution in [2.75, 3.05) is 13.1 Å². The Hall–Kier alpha value is -2.15. The number of oxazole rings is 1. The summed E-state index contributed by atoms with van der Waals surface area (Å²) in [5.41, 5.74) is -0.374. The van der Waals surface area contributed by atoms with Crippen molar-refractivity contribution in [1.29, 1.82) is 0 Å². The molecule has 1 atom stereocenters. The minimum absolute atomic E-state index is 0.0336. The molecule has 0 spiro atoms. The van der Waals surface area contributed by atoms with Crippen LogP contribution in [0.25, 0.3) is 0 Å². The van der Waals surface area contributed by atoms with Crippen molar-refractivity contribution >= 4 is 23.2 Å². The number of carbonyl (C=O) groups is 2. The number of carboxylic acids is 1. The van der Waals surface area contributed by atoms with Crippen LogP contribution in [0.4, 0.5) is 0 Å². The van der Waals surface area contributed by atoms with E-state index in [1.807, 2.05) is 22.4 Å². The van der Waals surface area contributed by atoms with Crippen LogP contribution in [0.3, 0.4) is 0 Å². The molecule has 2 aliphatic rings. The van der Waals surface area contributed by atoms with Gasteiger partial charge in [-0.25, -0.2) is 9.78 Å². The van der Waals surface area contributed by atoms with Gasteiger partial charge in [0.1, 0.15) is 5.76 Å². The molecule has 2 aromatic heterocycles. The maximum atomic E-state index is 13.1. The number of piperidine rings is 1. The van der Waals surface area contributed by atoms with Gasteiger partial charge in [0.2, 0.25) is 5.91 Å². The van der Waals surface area contributed by atoms with E-state index in [9.17, 15) is 14.7 Å². The highest BCUT2D eigenvalue weighted by Crippen LogP contribution is 2.51. The van der Waals surface area contributed by atoms with Gasteiger partial charge in [0.25, 0.3) is 0 Å². The van der Waals surface area contributed by atoms with Crippen molar-refractivity contribution in [2.24, 2.45) is 0 Å². The second kappa shape index (κ2) is 5.73. The number of likely N-dealkylation sites (tertiary alicyclic amines) is 1. The van der Waals surface area contributed by atoms with Crippen LogP contribution >= 0.6 is 11.3 Å². The van der Waals surface area contributed by atoms with Crippen LogP contribution in [0.5, 0.6) is 0 Å². The molecule has 1 amide bonds. The SMILES string of the molecule is O=C(O)c1ncoc1C1CCCN(C(=O)C2(c3cccs3)CC2)C1. The Morgan fingerprint density at radius 3 is 2.92 bits per heavy atom. The summed E-state index contributed by atoms with van der Waals surface area (Å²) in [5.74, 6) is -0.623. The topological polar surface area (TPSA) is 83.6 Å². The number of hydrogen-bond donors (Lipinski definition) is 1. The highest BCUT2D eigenvalue weighted by atomic mass is 32.1. The van der Waals surface area contributed by atoms with E-state index in [-0.39, 0.29) is 22.9 Å². The highest BCUT2D eigenvalue weighted by molar-refractivity contribution is 7.10. The Morgan fingerprint density at radius 2 is 2.25 bits per heavy atom. The molecule has 2 fully saturated rings. The summed E-state index contributed by atoms with van der Waals surface area (Å²) >= 11 is 1.64. The molecule has 7 heteroatoms. The van der Waals surface area contributed by atoms with Gasteiger partial charge in [-0.15, -0.1) is 11.3 Å². The summed E-state index contributed by atoms with van der Waals surface area (Å²) in [5, 5.41) is 11.2. The van der Waals surface area contributed by atoms with E-state index in [4.69, 9.17) is 4.42 Å². The maximum absolute atomic E-state index is 13.1. The molecule has 1 unspecified atom stereocenters. The monoisotopic (exact) mass is 346 g/mol. The molecule has 6 nitrogen and oxygen atoms in total. The largest absolute Gasteiger partial charge is 0.476 e. The molecule has 1 aliphatic heterocycles. The van der Waals surface area contributed by atoms with E-state index in [2.05, 4.69) is 4.98 Å². The number of aromatic nitrogens is 1. The first-order chi connectivity index (χ1) is 11.6. The fraction of sp³-hybridized carbons (Fsp3) is 0.471. The van der Waals surface area contributed by atoms with Gasteiger partial charge in [-0.1, -0.05) is 6.07 Å². The van der Waals surface area contributed by atoms with Crippen LogP contribution in [0.15, 0.2) is 28.3 Å². The molecule has 1 aliphatic carbocycles. The van der Waals surface area contributed by atoms with Gasteiger partial charge < -0.3 is 14.4 Å². The van der Waals surface area contributed by atoms with Crippen molar-refractivity contribution < 1.29 is 19.1 Å². The molecule has 0 radical (unpaired) electrons. The quantitative estimate of drug-likeness (QED) is 0.920. The average Bonchev–Trinajstić information content (AvgIpc) is 3.04. The first-order valence-electron chi connectivity index (χ1n) is 8.12. The van der Waals surface area contributed by atoms with E-state index < -0.39 is 5.97 Å². The lowest BCUT2D eigenvalue weighted by atomic mass is 9.92.